The lowest BCUT2D eigenvalue weighted by molar-refractivity contribution is 0.122. The van der Waals surface area contributed by atoms with Crippen LogP contribution in [-0.4, -0.2) is 59.7 Å². The third-order valence-electron chi connectivity index (χ3n) is 12.2. The number of ether oxygens (including phenoxy) is 4. The van der Waals surface area contributed by atoms with Gasteiger partial charge in [0.2, 0.25) is 0 Å². The fraction of sp³-hybridized carbons (Fsp3) is 0.326. The topological polar surface area (TPSA) is 47.8 Å². The summed E-state index contributed by atoms with van der Waals surface area (Å²) in [5, 5.41) is 2.16. The Hall–Kier alpha value is -5.29. The van der Waals surface area contributed by atoms with Gasteiger partial charge in [-0.3, -0.25) is 0 Å². The second-order valence-corrected chi connectivity index (χ2v) is 14.5. The molecule has 3 aliphatic heterocycles. The van der Waals surface area contributed by atoms with Gasteiger partial charge < -0.3 is 28.7 Å². The van der Waals surface area contributed by atoms with E-state index < -0.39 is 5.60 Å². The van der Waals surface area contributed by atoms with Gasteiger partial charge in [0, 0.05) is 59.4 Å². The van der Waals surface area contributed by atoms with Crippen LogP contribution in [0.1, 0.15) is 54.5 Å². The molecular formula is C46H45N3O4. The highest BCUT2D eigenvalue weighted by Crippen LogP contribution is 2.61. The largest absolute Gasteiger partial charge is 0.495 e. The Kier molecular flexibility index (Phi) is 8.41. The summed E-state index contributed by atoms with van der Waals surface area (Å²) in [7, 11) is 1.76. The Morgan fingerprint density at radius 1 is 0.774 bits per heavy atom. The molecule has 2 saturated heterocycles. The monoisotopic (exact) mass is 703 g/mol. The maximum Gasteiger partial charge on any atom is 0.187 e. The molecule has 0 aromatic heterocycles. The van der Waals surface area contributed by atoms with E-state index in [1.807, 2.05) is 6.07 Å². The minimum absolute atomic E-state index is 0.289. The van der Waals surface area contributed by atoms with Crippen molar-refractivity contribution in [2.45, 2.75) is 37.7 Å². The smallest absolute Gasteiger partial charge is 0.187 e. The molecule has 0 saturated carbocycles. The third-order valence-corrected chi connectivity index (χ3v) is 12.2. The van der Waals surface area contributed by atoms with E-state index in [0.717, 1.165) is 96.9 Å². The molecule has 1 aliphatic carbocycles. The normalized spacial score (nSPS) is 20.0. The van der Waals surface area contributed by atoms with Crippen LogP contribution in [0.4, 0.5) is 17.1 Å². The standard InChI is InChI=1S/C46H45N3O4/c1-5-45(6-2)39-28-33(47-3)14-17-35(39)42-37-29-40(49-22-26-52-27-23-49)41(50-4)30-38(37)44-36(43(42)45)18-19-46(53-44,31-10-8-7-9-11-31)32-12-15-34(16-13-32)48-20-24-51-25-21-48/h7-19,28-30H,5-6,20-27H2,1-2,4H3. The summed E-state index contributed by atoms with van der Waals surface area (Å²) < 4.78 is 25.3. The molecule has 4 aliphatic rings. The number of benzene rings is 5. The summed E-state index contributed by atoms with van der Waals surface area (Å²) in [5.41, 5.74) is 9.96. The molecule has 0 amide bonds. The molecule has 0 spiro atoms. The maximum atomic E-state index is 7.91. The van der Waals surface area contributed by atoms with Crippen LogP contribution in [0.2, 0.25) is 0 Å². The number of anilines is 2. The van der Waals surface area contributed by atoms with Crippen molar-refractivity contribution in [3.05, 3.63) is 130 Å². The van der Waals surface area contributed by atoms with E-state index in [0.29, 0.717) is 18.9 Å². The zero-order valence-corrected chi connectivity index (χ0v) is 30.8. The van der Waals surface area contributed by atoms with Crippen molar-refractivity contribution in [1.82, 2.24) is 0 Å². The van der Waals surface area contributed by atoms with Gasteiger partial charge in [-0.2, -0.15) is 0 Å². The van der Waals surface area contributed by atoms with Crippen molar-refractivity contribution in [3.63, 3.8) is 0 Å². The van der Waals surface area contributed by atoms with Gasteiger partial charge in [-0.05, 0) is 70.8 Å². The van der Waals surface area contributed by atoms with E-state index >= 15 is 0 Å². The summed E-state index contributed by atoms with van der Waals surface area (Å²) in [4.78, 5) is 8.65. The van der Waals surface area contributed by atoms with Crippen molar-refractivity contribution in [2.24, 2.45) is 0 Å². The molecule has 53 heavy (non-hydrogen) atoms. The van der Waals surface area contributed by atoms with Gasteiger partial charge in [-0.25, -0.2) is 4.85 Å². The molecule has 7 heteroatoms. The van der Waals surface area contributed by atoms with Gasteiger partial charge in [0.15, 0.2) is 11.3 Å². The predicted molar refractivity (Wildman–Crippen MR) is 213 cm³/mol. The number of nitrogens with zero attached hydrogens (tertiary/aromatic N) is 3. The van der Waals surface area contributed by atoms with Gasteiger partial charge in [-0.15, -0.1) is 0 Å². The molecule has 268 valence electrons. The number of methoxy groups -OCH3 is 1. The van der Waals surface area contributed by atoms with E-state index in [4.69, 9.17) is 25.5 Å². The number of morpholine rings is 2. The first-order chi connectivity index (χ1) is 26.0. The van der Waals surface area contributed by atoms with Gasteiger partial charge >= 0.3 is 0 Å². The zero-order chi connectivity index (χ0) is 36.2. The average Bonchev–Trinajstić information content (AvgIpc) is 3.54. The summed E-state index contributed by atoms with van der Waals surface area (Å²) in [6.07, 6.45) is 6.39. The highest BCUT2D eigenvalue weighted by Gasteiger charge is 2.47. The number of hydrogen-bond acceptors (Lipinski definition) is 6. The first kappa shape index (κ1) is 33.5. The zero-order valence-electron chi connectivity index (χ0n) is 30.8. The first-order valence-electron chi connectivity index (χ1n) is 19.0. The lowest BCUT2D eigenvalue weighted by Crippen LogP contribution is -2.37. The molecular weight excluding hydrogens is 659 g/mol. The molecule has 5 aromatic carbocycles. The van der Waals surface area contributed by atoms with Crippen molar-refractivity contribution in [3.8, 4) is 22.6 Å². The van der Waals surface area contributed by atoms with Crippen LogP contribution in [0.15, 0.2) is 91.0 Å². The van der Waals surface area contributed by atoms with Crippen LogP contribution in [0, 0.1) is 6.57 Å². The Balaban J connectivity index is 1.32. The van der Waals surface area contributed by atoms with Crippen molar-refractivity contribution < 1.29 is 18.9 Å². The van der Waals surface area contributed by atoms with Crippen molar-refractivity contribution in [2.75, 3.05) is 69.5 Å². The maximum absolute atomic E-state index is 7.91. The SMILES string of the molecule is [C-]#[N+]c1ccc2c(c1)C(CC)(CC)c1c3c(c4cc(OC)c(N5CCOCC5)cc4c1-2)OC(c1ccccc1)(c1ccc(N2CCOCC2)cc1)C=C3. The van der Waals surface area contributed by atoms with Crippen LogP contribution in [-0.2, 0) is 20.5 Å². The molecule has 5 aromatic rings. The Morgan fingerprint density at radius 2 is 1.45 bits per heavy atom. The van der Waals surface area contributed by atoms with Crippen molar-refractivity contribution >= 4 is 33.9 Å². The molecule has 1 atom stereocenters. The van der Waals surface area contributed by atoms with E-state index in [1.54, 1.807) is 7.11 Å². The fourth-order valence-electron chi connectivity index (χ4n) is 9.39. The average molecular weight is 704 g/mol. The Labute approximate surface area is 312 Å². The minimum atomic E-state index is -0.876. The second-order valence-electron chi connectivity index (χ2n) is 14.5. The first-order valence-corrected chi connectivity index (χ1v) is 19.0. The summed E-state index contributed by atoms with van der Waals surface area (Å²) in [6.45, 7) is 18.7. The molecule has 2 fully saturated rings. The Bertz CT molecular complexity index is 2260. The minimum Gasteiger partial charge on any atom is -0.495 e. The molecule has 9 rings (SSSR count). The van der Waals surface area contributed by atoms with Gasteiger partial charge in [0.1, 0.15) is 11.5 Å². The fourth-order valence-corrected chi connectivity index (χ4v) is 9.39. The summed E-state index contributed by atoms with van der Waals surface area (Å²) >= 11 is 0. The van der Waals surface area contributed by atoms with Crippen LogP contribution < -0.4 is 19.3 Å². The van der Waals surface area contributed by atoms with E-state index in [9.17, 15) is 0 Å². The van der Waals surface area contributed by atoms with Gasteiger partial charge in [0.05, 0.1) is 45.8 Å². The van der Waals surface area contributed by atoms with Crippen LogP contribution in [0.3, 0.4) is 0 Å². The number of fused-ring (bicyclic) bond motifs is 8. The van der Waals surface area contributed by atoms with Crippen LogP contribution in [0.25, 0.3) is 32.8 Å². The lowest BCUT2D eigenvalue weighted by atomic mass is 9.71. The third kappa shape index (κ3) is 5.15. The number of hydrogen-bond donors (Lipinski definition) is 0. The highest BCUT2D eigenvalue weighted by molar-refractivity contribution is 6.10. The Morgan fingerprint density at radius 3 is 2.11 bits per heavy atom. The van der Waals surface area contributed by atoms with Gasteiger partial charge in [-0.1, -0.05) is 80.6 Å². The molecule has 0 N–H and O–H groups in total. The van der Waals surface area contributed by atoms with Crippen LogP contribution in [0.5, 0.6) is 11.5 Å². The molecule has 0 bridgehead atoms. The molecule has 7 nitrogen and oxygen atoms in total. The highest BCUT2D eigenvalue weighted by atomic mass is 16.5. The molecule has 3 heterocycles. The second kappa shape index (κ2) is 13.3. The summed E-state index contributed by atoms with van der Waals surface area (Å²) in [5.74, 6) is 1.68. The van der Waals surface area contributed by atoms with E-state index in [2.05, 4.69) is 120 Å². The molecule has 1 unspecified atom stereocenters. The van der Waals surface area contributed by atoms with E-state index in [-0.39, 0.29) is 5.41 Å². The van der Waals surface area contributed by atoms with E-state index in [1.165, 1.54) is 27.9 Å². The van der Waals surface area contributed by atoms with Gasteiger partial charge in [0.25, 0.3) is 0 Å². The lowest BCUT2D eigenvalue weighted by Gasteiger charge is -2.40. The quantitative estimate of drug-likeness (QED) is 0.158. The predicted octanol–water partition coefficient (Wildman–Crippen LogP) is 9.51. The molecule has 0 radical (unpaired) electrons. The number of rotatable bonds is 7. The van der Waals surface area contributed by atoms with Crippen molar-refractivity contribution in [1.29, 1.82) is 0 Å². The van der Waals surface area contributed by atoms with Crippen LogP contribution >= 0.6 is 0 Å². The summed E-state index contributed by atoms with van der Waals surface area (Å²) in [6, 6.07) is 30.3.